The number of rotatable bonds is 6. The Labute approximate surface area is 123 Å². The van der Waals surface area contributed by atoms with E-state index < -0.39 is 6.04 Å². The number of benzene rings is 1. The summed E-state index contributed by atoms with van der Waals surface area (Å²) >= 11 is 0. The molecule has 2 amide bonds. The van der Waals surface area contributed by atoms with Gasteiger partial charge in [-0.3, -0.25) is 9.59 Å². The van der Waals surface area contributed by atoms with Crippen LogP contribution in [0.15, 0.2) is 18.2 Å². The van der Waals surface area contributed by atoms with E-state index >= 15 is 0 Å². The Bertz CT molecular complexity index is 571. The van der Waals surface area contributed by atoms with E-state index in [0.717, 1.165) is 11.8 Å². The summed E-state index contributed by atoms with van der Waals surface area (Å²) in [6.07, 6.45) is 1.31. The summed E-state index contributed by atoms with van der Waals surface area (Å²) in [6.45, 7) is 0.350. The molecule has 0 aliphatic carbocycles. The summed E-state index contributed by atoms with van der Waals surface area (Å²) in [5.41, 5.74) is 1.41. The molecule has 2 rings (SSSR count). The van der Waals surface area contributed by atoms with Crippen molar-refractivity contribution in [2.45, 2.75) is 25.4 Å². The van der Waals surface area contributed by atoms with Gasteiger partial charge in [-0.1, -0.05) is 0 Å². The first kappa shape index (κ1) is 15.0. The molecule has 1 aromatic carbocycles. The molecule has 0 saturated carbocycles. The molecule has 0 radical (unpaired) electrons. The third-order valence-electron chi connectivity index (χ3n) is 3.63. The number of nitrogens with one attached hydrogen (secondary N) is 1. The summed E-state index contributed by atoms with van der Waals surface area (Å²) in [7, 11) is 3.08. The van der Waals surface area contributed by atoms with E-state index in [1.807, 2.05) is 0 Å². The molecule has 0 spiro atoms. The van der Waals surface area contributed by atoms with E-state index in [1.165, 1.54) is 11.9 Å². The van der Waals surface area contributed by atoms with E-state index in [4.69, 9.17) is 4.74 Å². The maximum absolute atomic E-state index is 12.4. The largest absolute Gasteiger partial charge is 0.497 e. The van der Waals surface area contributed by atoms with Crippen molar-refractivity contribution in [1.29, 1.82) is 0 Å². The summed E-state index contributed by atoms with van der Waals surface area (Å²) in [6, 6.07) is 4.59. The average Bonchev–Trinajstić information content (AvgIpc) is 2.83. The number of hydrogen-bond acceptors (Lipinski definition) is 4. The highest BCUT2D eigenvalue weighted by atomic mass is 16.5. The quantitative estimate of drug-likeness (QED) is 0.784. The molecule has 6 nitrogen and oxygen atoms in total. The second kappa shape index (κ2) is 6.39. The van der Waals surface area contributed by atoms with Crippen LogP contribution in [0, 0.1) is 0 Å². The monoisotopic (exact) mass is 290 g/mol. The SMILES string of the molecule is CNC(=O)C(CCC=O)N1Cc2cc(OC)ccc2C1=O. The molecule has 1 unspecified atom stereocenters. The molecule has 0 bridgehead atoms. The molecule has 1 aromatic rings. The number of fused-ring (bicyclic) bond motifs is 1. The number of hydrogen-bond donors (Lipinski definition) is 1. The molecular formula is C15H18N2O4. The maximum Gasteiger partial charge on any atom is 0.255 e. The predicted octanol–water partition coefficient (Wildman–Crippen LogP) is 0.745. The fourth-order valence-electron chi connectivity index (χ4n) is 2.52. The van der Waals surface area contributed by atoms with Crippen molar-refractivity contribution in [3.05, 3.63) is 29.3 Å². The van der Waals surface area contributed by atoms with Gasteiger partial charge in [-0.15, -0.1) is 0 Å². The van der Waals surface area contributed by atoms with E-state index in [1.54, 1.807) is 25.3 Å². The van der Waals surface area contributed by atoms with Crippen molar-refractivity contribution in [3.63, 3.8) is 0 Å². The van der Waals surface area contributed by atoms with Crippen molar-refractivity contribution in [1.82, 2.24) is 10.2 Å². The lowest BCUT2D eigenvalue weighted by molar-refractivity contribution is -0.125. The summed E-state index contributed by atoms with van der Waals surface area (Å²) < 4.78 is 5.15. The molecule has 1 aliphatic rings. The smallest absolute Gasteiger partial charge is 0.255 e. The zero-order valence-corrected chi connectivity index (χ0v) is 12.1. The zero-order valence-electron chi connectivity index (χ0n) is 12.1. The third kappa shape index (κ3) is 2.89. The molecule has 6 heteroatoms. The second-order valence-electron chi connectivity index (χ2n) is 4.83. The van der Waals surface area contributed by atoms with E-state index in [0.29, 0.717) is 24.3 Å². The first-order chi connectivity index (χ1) is 10.1. The van der Waals surface area contributed by atoms with E-state index in [2.05, 4.69) is 5.32 Å². The van der Waals surface area contributed by atoms with Crippen LogP contribution in [0.2, 0.25) is 0 Å². The molecule has 0 aromatic heterocycles. The Morgan fingerprint density at radius 3 is 2.90 bits per heavy atom. The van der Waals surface area contributed by atoms with Crippen LogP contribution < -0.4 is 10.1 Å². The lowest BCUT2D eigenvalue weighted by Gasteiger charge is -2.25. The maximum atomic E-state index is 12.4. The molecule has 0 saturated heterocycles. The highest BCUT2D eigenvalue weighted by Crippen LogP contribution is 2.29. The zero-order chi connectivity index (χ0) is 15.4. The minimum atomic E-state index is -0.633. The summed E-state index contributed by atoms with van der Waals surface area (Å²) in [5, 5.41) is 2.55. The van der Waals surface area contributed by atoms with Gasteiger partial charge < -0.3 is 19.7 Å². The highest BCUT2D eigenvalue weighted by molar-refractivity contribution is 6.01. The van der Waals surface area contributed by atoms with Crippen molar-refractivity contribution < 1.29 is 19.1 Å². The van der Waals surface area contributed by atoms with Crippen LogP contribution in [0.3, 0.4) is 0 Å². The molecule has 1 heterocycles. The number of carbonyl (C=O) groups is 3. The van der Waals surface area contributed by atoms with Crippen LogP contribution in [0.25, 0.3) is 0 Å². The number of aldehydes is 1. The van der Waals surface area contributed by atoms with Gasteiger partial charge in [0.1, 0.15) is 18.1 Å². The van der Waals surface area contributed by atoms with Crippen molar-refractivity contribution >= 4 is 18.1 Å². The lowest BCUT2D eigenvalue weighted by Crippen LogP contribution is -2.46. The number of likely N-dealkylation sites (N-methyl/N-ethyl adjacent to an activating group) is 1. The van der Waals surface area contributed by atoms with Crippen LogP contribution >= 0.6 is 0 Å². The molecule has 1 atom stereocenters. The second-order valence-corrected chi connectivity index (χ2v) is 4.83. The lowest BCUT2D eigenvalue weighted by atomic mass is 10.1. The fourth-order valence-corrected chi connectivity index (χ4v) is 2.52. The number of nitrogens with zero attached hydrogens (tertiary/aromatic N) is 1. The molecule has 1 N–H and O–H groups in total. The van der Waals surface area contributed by atoms with Crippen molar-refractivity contribution in [3.8, 4) is 5.75 Å². The Kier molecular flexibility index (Phi) is 4.57. The standard InChI is InChI=1S/C15H18N2O4/c1-16-14(19)13(4-3-7-18)17-9-10-8-11(21-2)5-6-12(10)15(17)20/h5-8,13H,3-4,9H2,1-2H3,(H,16,19). The predicted molar refractivity (Wildman–Crippen MR) is 76.0 cm³/mol. The fraction of sp³-hybridized carbons (Fsp3) is 0.400. The van der Waals surface area contributed by atoms with Gasteiger partial charge in [0, 0.05) is 25.6 Å². The van der Waals surface area contributed by atoms with Crippen LogP contribution in [0.1, 0.15) is 28.8 Å². The van der Waals surface area contributed by atoms with Gasteiger partial charge in [0.25, 0.3) is 5.91 Å². The molecule has 21 heavy (non-hydrogen) atoms. The Morgan fingerprint density at radius 2 is 2.29 bits per heavy atom. The average molecular weight is 290 g/mol. The van der Waals surface area contributed by atoms with Crippen molar-refractivity contribution in [2.75, 3.05) is 14.2 Å². The molecule has 112 valence electrons. The number of methoxy groups -OCH3 is 1. The highest BCUT2D eigenvalue weighted by Gasteiger charge is 2.35. The van der Waals surface area contributed by atoms with Gasteiger partial charge in [0.05, 0.1) is 7.11 Å². The van der Waals surface area contributed by atoms with Gasteiger partial charge in [-0.2, -0.15) is 0 Å². The first-order valence-corrected chi connectivity index (χ1v) is 6.75. The normalized spacial score (nSPS) is 14.6. The van der Waals surface area contributed by atoms with Gasteiger partial charge in [0.2, 0.25) is 5.91 Å². The topological polar surface area (TPSA) is 75.7 Å². The van der Waals surface area contributed by atoms with E-state index in [-0.39, 0.29) is 18.2 Å². The number of ether oxygens (including phenoxy) is 1. The van der Waals surface area contributed by atoms with Gasteiger partial charge >= 0.3 is 0 Å². The summed E-state index contributed by atoms with van der Waals surface area (Å²) in [4.78, 5) is 36.5. The Morgan fingerprint density at radius 1 is 1.52 bits per heavy atom. The minimum absolute atomic E-state index is 0.188. The Balaban J connectivity index is 2.26. The number of amides is 2. The first-order valence-electron chi connectivity index (χ1n) is 6.75. The van der Waals surface area contributed by atoms with Crippen LogP contribution in [0.4, 0.5) is 0 Å². The number of carbonyl (C=O) groups excluding carboxylic acids is 3. The van der Waals surface area contributed by atoms with Crippen LogP contribution in [-0.2, 0) is 16.1 Å². The van der Waals surface area contributed by atoms with Crippen LogP contribution in [-0.4, -0.2) is 43.2 Å². The van der Waals surface area contributed by atoms with Gasteiger partial charge in [-0.25, -0.2) is 0 Å². The minimum Gasteiger partial charge on any atom is -0.497 e. The summed E-state index contributed by atoms with van der Waals surface area (Å²) in [5.74, 6) is 0.227. The van der Waals surface area contributed by atoms with Gasteiger partial charge in [0.15, 0.2) is 0 Å². The Hall–Kier alpha value is -2.37. The van der Waals surface area contributed by atoms with E-state index in [9.17, 15) is 14.4 Å². The third-order valence-corrected chi connectivity index (χ3v) is 3.63. The molecule has 0 fully saturated rings. The van der Waals surface area contributed by atoms with Gasteiger partial charge in [-0.05, 0) is 30.2 Å². The van der Waals surface area contributed by atoms with Crippen molar-refractivity contribution in [2.24, 2.45) is 0 Å². The molecular weight excluding hydrogens is 272 g/mol. The molecule has 1 aliphatic heterocycles. The van der Waals surface area contributed by atoms with Crippen LogP contribution in [0.5, 0.6) is 5.75 Å².